The van der Waals surface area contributed by atoms with Crippen LogP contribution in [0.2, 0.25) is 0 Å². The van der Waals surface area contributed by atoms with Crippen molar-refractivity contribution in [3.05, 3.63) is 90.2 Å². The summed E-state index contributed by atoms with van der Waals surface area (Å²) in [5, 5.41) is 6.29. The van der Waals surface area contributed by atoms with Crippen molar-refractivity contribution in [2.24, 2.45) is 0 Å². The van der Waals surface area contributed by atoms with E-state index in [0.29, 0.717) is 6.04 Å². The molecule has 0 aliphatic heterocycles. The maximum atomic E-state index is 4.93. The highest BCUT2D eigenvalue weighted by molar-refractivity contribution is 7.81. The summed E-state index contributed by atoms with van der Waals surface area (Å²) in [4.78, 5) is 2.26. The molecule has 2 aromatic rings. The second-order valence-corrected chi connectivity index (χ2v) is 8.57. The second-order valence-electron chi connectivity index (χ2n) is 7.90. The Kier molecular flexibility index (Phi) is 7.79. The molecule has 1 aliphatic rings. The van der Waals surface area contributed by atoms with Gasteiger partial charge in [0.15, 0.2) is 0 Å². The van der Waals surface area contributed by atoms with E-state index in [2.05, 4.69) is 104 Å². The zero-order valence-electron chi connectivity index (χ0n) is 17.5. The van der Waals surface area contributed by atoms with Gasteiger partial charge in [0.2, 0.25) is 0 Å². The van der Waals surface area contributed by atoms with Gasteiger partial charge in [-0.05, 0) is 55.8 Å². The van der Waals surface area contributed by atoms with Gasteiger partial charge in [-0.1, -0.05) is 78.9 Å². The Morgan fingerprint density at radius 1 is 1.21 bits per heavy atom. The lowest BCUT2D eigenvalue weighted by Gasteiger charge is -2.31. The van der Waals surface area contributed by atoms with Crippen molar-refractivity contribution in [2.75, 3.05) is 20.6 Å². The van der Waals surface area contributed by atoms with Crippen LogP contribution in [0.5, 0.6) is 0 Å². The zero-order chi connectivity index (χ0) is 20.6. The number of thiol groups is 1. The summed E-state index contributed by atoms with van der Waals surface area (Å²) in [7, 11) is 4.25. The van der Waals surface area contributed by atoms with Gasteiger partial charge in [-0.15, -0.1) is 0 Å². The van der Waals surface area contributed by atoms with Crippen molar-refractivity contribution < 1.29 is 0 Å². The van der Waals surface area contributed by atoms with E-state index in [1.165, 1.54) is 21.9 Å². The molecule has 0 saturated carbocycles. The molecule has 0 spiro atoms. The summed E-state index contributed by atoms with van der Waals surface area (Å²) in [5.74, 6) is 0. The Bertz CT molecular complexity index is 918. The highest BCUT2D eigenvalue weighted by atomic mass is 32.1. The standard InChI is InChI=1S/C26H32N2S/c1-20(16-17-23-14-9-13-22-12-7-8-15-24(22)23)27-19-25(28(2)3)26(29)18-21-10-5-4-6-11-21/h4-5,7-10,12-17,25-27,29H,1,6,11,18-19H2,2-3H3/b17-16+. The summed E-state index contributed by atoms with van der Waals surface area (Å²) in [5.41, 5.74) is 3.62. The van der Waals surface area contributed by atoms with Crippen LogP contribution in [-0.2, 0) is 0 Å². The number of rotatable bonds is 9. The van der Waals surface area contributed by atoms with Gasteiger partial charge >= 0.3 is 0 Å². The van der Waals surface area contributed by atoms with Gasteiger partial charge in [0, 0.05) is 23.5 Å². The van der Waals surface area contributed by atoms with E-state index in [-0.39, 0.29) is 5.25 Å². The molecule has 1 aliphatic carbocycles. The van der Waals surface area contributed by atoms with E-state index >= 15 is 0 Å². The molecule has 0 radical (unpaired) electrons. The molecule has 3 heteroatoms. The van der Waals surface area contributed by atoms with E-state index < -0.39 is 0 Å². The minimum absolute atomic E-state index is 0.282. The molecule has 0 fully saturated rings. The maximum Gasteiger partial charge on any atom is 0.0382 e. The first-order chi connectivity index (χ1) is 14.0. The third-order valence-corrected chi connectivity index (χ3v) is 6.03. The van der Waals surface area contributed by atoms with Crippen LogP contribution in [0.3, 0.4) is 0 Å². The number of hydrogen-bond donors (Lipinski definition) is 2. The molecule has 0 heterocycles. The first kappa shape index (κ1) is 21.5. The fourth-order valence-electron chi connectivity index (χ4n) is 3.77. The Morgan fingerprint density at radius 2 is 2.00 bits per heavy atom. The number of hydrogen-bond acceptors (Lipinski definition) is 3. The Hall–Kier alpha value is -2.23. The third-order valence-electron chi connectivity index (χ3n) is 5.50. The molecular formula is C26H32N2S. The summed E-state index contributed by atoms with van der Waals surface area (Å²) >= 11 is 4.93. The average molecular weight is 405 g/mol. The monoisotopic (exact) mass is 404 g/mol. The van der Waals surface area contributed by atoms with Crippen molar-refractivity contribution >= 4 is 29.5 Å². The van der Waals surface area contributed by atoms with E-state index in [1.807, 2.05) is 0 Å². The van der Waals surface area contributed by atoms with Crippen molar-refractivity contribution in [1.29, 1.82) is 0 Å². The maximum absolute atomic E-state index is 4.93. The highest BCUT2D eigenvalue weighted by Gasteiger charge is 2.21. The fraction of sp³-hybridized carbons (Fsp3) is 0.308. The first-order valence-corrected chi connectivity index (χ1v) is 10.8. The highest BCUT2D eigenvalue weighted by Crippen LogP contribution is 2.23. The minimum atomic E-state index is 0.282. The molecule has 2 nitrogen and oxygen atoms in total. The van der Waals surface area contributed by atoms with Crippen LogP contribution in [-0.4, -0.2) is 36.8 Å². The van der Waals surface area contributed by atoms with Gasteiger partial charge < -0.3 is 10.2 Å². The summed E-state index contributed by atoms with van der Waals surface area (Å²) < 4.78 is 0. The van der Waals surface area contributed by atoms with Crippen molar-refractivity contribution in [3.8, 4) is 0 Å². The smallest absolute Gasteiger partial charge is 0.0382 e. The number of nitrogens with zero attached hydrogens (tertiary/aromatic N) is 1. The van der Waals surface area contributed by atoms with Gasteiger partial charge in [0.25, 0.3) is 0 Å². The van der Waals surface area contributed by atoms with Gasteiger partial charge in [-0.2, -0.15) is 12.6 Å². The number of benzene rings is 2. The molecule has 0 bridgehead atoms. The largest absolute Gasteiger partial charge is 0.384 e. The molecule has 0 amide bonds. The van der Waals surface area contributed by atoms with Crippen LogP contribution < -0.4 is 5.32 Å². The fourth-order valence-corrected chi connectivity index (χ4v) is 4.38. The van der Waals surface area contributed by atoms with Gasteiger partial charge in [0.1, 0.15) is 0 Å². The number of allylic oxidation sites excluding steroid dienone is 5. The lowest BCUT2D eigenvalue weighted by atomic mass is 9.97. The lowest BCUT2D eigenvalue weighted by Crippen LogP contribution is -2.43. The molecule has 1 N–H and O–H groups in total. The van der Waals surface area contributed by atoms with Gasteiger partial charge in [-0.25, -0.2) is 0 Å². The van der Waals surface area contributed by atoms with E-state index in [1.54, 1.807) is 0 Å². The zero-order valence-corrected chi connectivity index (χ0v) is 18.4. The second kappa shape index (κ2) is 10.5. The quantitative estimate of drug-likeness (QED) is 0.402. The molecule has 2 aromatic carbocycles. The SMILES string of the molecule is C=C(/C=C/c1cccc2ccccc12)NCC(C(S)CC1=CC=CCC1)N(C)C. The third kappa shape index (κ3) is 6.12. The topological polar surface area (TPSA) is 15.3 Å². The Morgan fingerprint density at radius 3 is 2.76 bits per heavy atom. The molecule has 0 saturated heterocycles. The van der Waals surface area contributed by atoms with Crippen LogP contribution in [0.25, 0.3) is 16.8 Å². The Balaban J connectivity index is 1.59. The molecule has 3 rings (SSSR count). The summed E-state index contributed by atoms with van der Waals surface area (Å²) in [6.45, 7) is 5.02. The first-order valence-electron chi connectivity index (χ1n) is 10.3. The lowest BCUT2D eigenvalue weighted by molar-refractivity contribution is 0.281. The summed E-state index contributed by atoms with van der Waals surface area (Å²) in [6, 6.07) is 15.2. The predicted octanol–water partition coefficient (Wildman–Crippen LogP) is 5.85. The number of likely N-dealkylation sites (N-methyl/N-ethyl adjacent to an activating group) is 1. The van der Waals surface area contributed by atoms with Crippen molar-refractivity contribution in [3.63, 3.8) is 0 Å². The molecule has 0 aromatic heterocycles. The van der Waals surface area contributed by atoms with Crippen LogP contribution in [0.15, 0.2) is 84.6 Å². The molecule has 29 heavy (non-hydrogen) atoms. The van der Waals surface area contributed by atoms with Crippen LogP contribution in [0, 0.1) is 0 Å². The van der Waals surface area contributed by atoms with E-state index in [9.17, 15) is 0 Å². The van der Waals surface area contributed by atoms with Crippen LogP contribution in [0.1, 0.15) is 24.8 Å². The van der Waals surface area contributed by atoms with E-state index in [0.717, 1.165) is 31.5 Å². The van der Waals surface area contributed by atoms with Crippen LogP contribution in [0.4, 0.5) is 0 Å². The predicted molar refractivity (Wildman–Crippen MR) is 131 cm³/mol. The molecule has 2 unspecified atom stereocenters. The Labute approximate surface area is 181 Å². The molecular weight excluding hydrogens is 372 g/mol. The van der Waals surface area contributed by atoms with Crippen molar-refractivity contribution in [1.82, 2.24) is 10.2 Å². The van der Waals surface area contributed by atoms with E-state index in [4.69, 9.17) is 12.6 Å². The normalized spacial score (nSPS) is 16.2. The van der Waals surface area contributed by atoms with Gasteiger partial charge in [0.05, 0.1) is 0 Å². The van der Waals surface area contributed by atoms with Crippen LogP contribution >= 0.6 is 12.6 Å². The van der Waals surface area contributed by atoms with Crippen molar-refractivity contribution in [2.45, 2.75) is 30.6 Å². The number of nitrogens with one attached hydrogen (secondary N) is 1. The minimum Gasteiger partial charge on any atom is -0.384 e. The molecule has 152 valence electrons. The molecule has 2 atom stereocenters. The summed E-state index contributed by atoms with van der Waals surface area (Å²) in [6.07, 6.45) is 14.2. The number of fused-ring (bicyclic) bond motifs is 1. The van der Waals surface area contributed by atoms with Gasteiger partial charge in [-0.3, -0.25) is 0 Å². The average Bonchev–Trinajstić information content (AvgIpc) is 2.72.